The lowest BCUT2D eigenvalue weighted by Gasteiger charge is -2.06. The van der Waals surface area contributed by atoms with Crippen LogP contribution in [-0.2, 0) is 11.2 Å². The van der Waals surface area contributed by atoms with Gasteiger partial charge in [0.1, 0.15) is 0 Å². The predicted octanol–water partition coefficient (Wildman–Crippen LogP) is 1.46. The predicted molar refractivity (Wildman–Crippen MR) is 72.2 cm³/mol. The summed E-state index contributed by atoms with van der Waals surface area (Å²) in [5.41, 5.74) is 1.30. The quantitative estimate of drug-likeness (QED) is 0.723. The highest BCUT2D eigenvalue weighted by Crippen LogP contribution is 2.06. The molecule has 0 aliphatic rings. The van der Waals surface area contributed by atoms with E-state index in [1.54, 1.807) is 18.7 Å². The van der Waals surface area contributed by atoms with Gasteiger partial charge in [-0.15, -0.1) is 0 Å². The molecule has 1 aromatic rings. The van der Waals surface area contributed by atoms with Crippen molar-refractivity contribution in [2.45, 2.75) is 19.4 Å². The fourth-order valence-electron chi connectivity index (χ4n) is 1.31. The number of hydrogen-bond donors (Lipinski definition) is 2. The Morgan fingerprint density at radius 3 is 2.76 bits per heavy atom. The van der Waals surface area contributed by atoms with E-state index in [1.165, 1.54) is 5.56 Å². The molecular formula is C13H19NO2S. The van der Waals surface area contributed by atoms with Gasteiger partial charge in [0.15, 0.2) is 0 Å². The zero-order chi connectivity index (χ0) is 12.5. The largest absolute Gasteiger partial charge is 0.392 e. The summed E-state index contributed by atoms with van der Waals surface area (Å²) >= 11 is 1.61. The van der Waals surface area contributed by atoms with E-state index in [0.717, 1.165) is 12.2 Å². The maximum absolute atomic E-state index is 11.3. The minimum atomic E-state index is -0.478. The van der Waals surface area contributed by atoms with Gasteiger partial charge in [-0.1, -0.05) is 30.3 Å². The van der Waals surface area contributed by atoms with Crippen LogP contribution in [0.25, 0.3) is 0 Å². The second-order valence-corrected chi connectivity index (χ2v) is 5.05. The number of benzene rings is 1. The van der Waals surface area contributed by atoms with Crippen molar-refractivity contribution in [2.24, 2.45) is 0 Å². The molecule has 1 rings (SSSR count). The average molecular weight is 253 g/mol. The first kappa shape index (κ1) is 14.1. The fraction of sp³-hybridized carbons (Fsp3) is 0.462. The number of amides is 1. The summed E-state index contributed by atoms with van der Waals surface area (Å²) in [5.74, 6) is 1.38. The summed E-state index contributed by atoms with van der Waals surface area (Å²) in [6, 6.07) is 10.2. The molecule has 0 heterocycles. The molecule has 2 N–H and O–H groups in total. The number of thioether (sulfide) groups is 1. The summed E-state index contributed by atoms with van der Waals surface area (Å²) in [4.78, 5) is 11.3. The molecular weight excluding hydrogens is 234 g/mol. The van der Waals surface area contributed by atoms with Gasteiger partial charge in [-0.25, -0.2) is 0 Å². The maximum Gasteiger partial charge on any atom is 0.230 e. The highest BCUT2D eigenvalue weighted by atomic mass is 32.2. The van der Waals surface area contributed by atoms with E-state index in [4.69, 9.17) is 5.11 Å². The Bertz CT molecular complexity index is 327. The van der Waals surface area contributed by atoms with Crippen LogP contribution in [0.3, 0.4) is 0 Å². The molecule has 1 aromatic carbocycles. The van der Waals surface area contributed by atoms with Gasteiger partial charge in [0.2, 0.25) is 5.91 Å². The van der Waals surface area contributed by atoms with Crippen molar-refractivity contribution < 1.29 is 9.90 Å². The third-order valence-corrected chi connectivity index (χ3v) is 3.16. The Kier molecular flexibility index (Phi) is 6.74. The number of aliphatic hydroxyl groups excluding tert-OH is 1. The van der Waals surface area contributed by atoms with Gasteiger partial charge >= 0.3 is 0 Å². The van der Waals surface area contributed by atoms with Gasteiger partial charge < -0.3 is 10.4 Å². The van der Waals surface area contributed by atoms with E-state index in [-0.39, 0.29) is 5.91 Å². The second-order valence-electron chi connectivity index (χ2n) is 3.94. The average Bonchev–Trinajstić information content (AvgIpc) is 2.33. The molecule has 0 saturated heterocycles. The van der Waals surface area contributed by atoms with Crippen LogP contribution in [0.4, 0.5) is 0 Å². The van der Waals surface area contributed by atoms with Crippen LogP contribution >= 0.6 is 11.8 Å². The van der Waals surface area contributed by atoms with Crippen LogP contribution in [0, 0.1) is 0 Å². The van der Waals surface area contributed by atoms with Gasteiger partial charge in [-0.05, 0) is 24.7 Å². The second kappa shape index (κ2) is 8.14. The fourth-order valence-corrected chi connectivity index (χ4v) is 2.12. The Hall–Kier alpha value is -1.00. The van der Waals surface area contributed by atoms with Crippen LogP contribution in [0.5, 0.6) is 0 Å². The van der Waals surface area contributed by atoms with Crippen LogP contribution in [0.2, 0.25) is 0 Å². The van der Waals surface area contributed by atoms with Crippen LogP contribution in [0.1, 0.15) is 12.5 Å². The van der Waals surface area contributed by atoms with Crippen molar-refractivity contribution in [1.29, 1.82) is 0 Å². The number of nitrogens with one attached hydrogen (secondary N) is 1. The van der Waals surface area contributed by atoms with E-state index in [9.17, 15) is 4.79 Å². The SMILES string of the molecule is C[C@@H](O)CNC(=O)CSCCc1ccccc1. The zero-order valence-electron chi connectivity index (χ0n) is 10.1. The van der Waals surface area contributed by atoms with Gasteiger partial charge in [-0.3, -0.25) is 4.79 Å². The number of aryl methyl sites for hydroxylation is 1. The van der Waals surface area contributed by atoms with Gasteiger partial charge in [0.25, 0.3) is 0 Å². The summed E-state index contributed by atoms with van der Waals surface area (Å²) in [6.45, 7) is 1.99. The molecule has 0 aliphatic carbocycles. The van der Waals surface area contributed by atoms with Gasteiger partial charge in [0, 0.05) is 6.54 Å². The van der Waals surface area contributed by atoms with Crippen molar-refractivity contribution in [3.8, 4) is 0 Å². The molecule has 1 atom stereocenters. The molecule has 1 amide bonds. The molecule has 3 nitrogen and oxygen atoms in total. The van der Waals surface area contributed by atoms with E-state index in [1.807, 2.05) is 18.2 Å². The van der Waals surface area contributed by atoms with E-state index >= 15 is 0 Å². The number of rotatable bonds is 7. The third-order valence-electron chi connectivity index (χ3n) is 2.21. The smallest absolute Gasteiger partial charge is 0.230 e. The van der Waals surface area contributed by atoms with Crippen molar-refractivity contribution in [1.82, 2.24) is 5.32 Å². The number of carbonyl (C=O) groups excluding carboxylic acids is 1. The molecule has 94 valence electrons. The summed E-state index contributed by atoms with van der Waals surface area (Å²) in [7, 11) is 0. The first-order valence-electron chi connectivity index (χ1n) is 5.75. The highest BCUT2D eigenvalue weighted by Gasteiger charge is 2.02. The molecule has 0 radical (unpaired) electrons. The lowest BCUT2D eigenvalue weighted by atomic mass is 10.2. The third kappa shape index (κ3) is 7.02. The van der Waals surface area contributed by atoms with Crippen molar-refractivity contribution in [3.05, 3.63) is 35.9 Å². The van der Waals surface area contributed by atoms with Crippen molar-refractivity contribution in [2.75, 3.05) is 18.1 Å². The molecule has 0 unspecified atom stereocenters. The van der Waals surface area contributed by atoms with Crippen LogP contribution in [-0.4, -0.2) is 35.2 Å². The van der Waals surface area contributed by atoms with E-state index in [0.29, 0.717) is 12.3 Å². The summed E-state index contributed by atoms with van der Waals surface area (Å²) < 4.78 is 0. The molecule has 0 spiro atoms. The summed E-state index contributed by atoms with van der Waals surface area (Å²) in [5, 5.41) is 11.7. The first-order valence-corrected chi connectivity index (χ1v) is 6.90. The molecule has 0 saturated carbocycles. The Morgan fingerprint density at radius 2 is 2.12 bits per heavy atom. The lowest BCUT2D eigenvalue weighted by molar-refractivity contribution is -0.118. The lowest BCUT2D eigenvalue weighted by Crippen LogP contribution is -2.31. The molecule has 4 heteroatoms. The number of aliphatic hydroxyl groups is 1. The first-order chi connectivity index (χ1) is 8.18. The molecule has 0 fully saturated rings. The topological polar surface area (TPSA) is 49.3 Å². The molecule has 0 aromatic heterocycles. The Morgan fingerprint density at radius 1 is 1.41 bits per heavy atom. The monoisotopic (exact) mass is 253 g/mol. The van der Waals surface area contributed by atoms with Crippen molar-refractivity contribution in [3.63, 3.8) is 0 Å². The molecule has 0 bridgehead atoms. The van der Waals surface area contributed by atoms with E-state index in [2.05, 4.69) is 17.4 Å². The number of carbonyl (C=O) groups is 1. The van der Waals surface area contributed by atoms with Crippen LogP contribution < -0.4 is 5.32 Å². The van der Waals surface area contributed by atoms with Gasteiger partial charge in [0.05, 0.1) is 11.9 Å². The molecule has 0 aliphatic heterocycles. The minimum Gasteiger partial charge on any atom is -0.392 e. The summed E-state index contributed by atoms with van der Waals surface area (Å²) in [6.07, 6.45) is 0.503. The Balaban J connectivity index is 2.06. The number of hydrogen-bond acceptors (Lipinski definition) is 3. The Labute approximate surface area is 107 Å². The standard InChI is InChI=1S/C13H19NO2S/c1-11(15)9-14-13(16)10-17-8-7-12-5-3-2-4-6-12/h2-6,11,15H,7-10H2,1H3,(H,14,16)/t11-/m1/s1. The highest BCUT2D eigenvalue weighted by molar-refractivity contribution is 7.99. The zero-order valence-corrected chi connectivity index (χ0v) is 10.9. The molecule has 17 heavy (non-hydrogen) atoms. The maximum atomic E-state index is 11.3. The van der Waals surface area contributed by atoms with Gasteiger partial charge in [-0.2, -0.15) is 11.8 Å². The normalized spacial score (nSPS) is 12.1. The minimum absolute atomic E-state index is 0.0102. The van der Waals surface area contributed by atoms with E-state index < -0.39 is 6.10 Å². The van der Waals surface area contributed by atoms with Crippen LogP contribution in [0.15, 0.2) is 30.3 Å². The van der Waals surface area contributed by atoms with Crippen molar-refractivity contribution >= 4 is 17.7 Å².